The zero-order valence-electron chi connectivity index (χ0n) is 9.68. The van der Waals surface area contributed by atoms with Crippen LogP contribution in [0.1, 0.15) is 26.7 Å². The molecule has 1 aliphatic carbocycles. The number of alkyl halides is 1. The van der Waals surface area contributed by atoms with E-state index in [1.807, 2.05) is 0 Å². The normalized spacial score (nSPS) is 24.7. The Hall–Kier alpha value is -0.280. The monoisotopic (exact) mass is 233 g/mol. The molecule has 0 spiro atoms. The van der Waals surface area contributed by atoms with Crippen molar-refractivity contribution < 1.29 is 9.53 Å². The Labute approximate surface area is 96.5 Å². The summed E-state index contributed by atoms with van der Waals surface area (Å²) in [6.07, 6.45) is 1.74. The largest absolute Gasteiger partial charge is 0.383 e. The third-order valence-electron chi connectivity index (χ3n) is 3.00. The molecule has 0 bridgehead atoms. The van der Waals surface area contributed by atoms with Gasteiger partial charge >= 0.3 is 0 Å². The molecular formula is C11H20ClNO2. The molecule has 0 aromatic heterocycles. The van der Waals surface area contributed by atoms with Crippen molar-refractivity contribution in [3.8, 4) is 0 Å². The van der Waals surface area contributed by atoms with E-state index in [0.29, 0.717) is 12.5 Å². The van der Waals surface area contributed by atoms with Crippen LogP contribution in [0.25, 0.3) is 0 Å². The van der Waals surface area contributed by atoms with E-state index < -0.39 is 0 Å². The first-order valence-corrected chi connectivity index (χ1v) is 5.90. The number of hydrogen-bond acceptors (Lipinski definition) is 2. The summed E-state index contributed by atoms with van der Waals surface area (Å²) >= 11 is 5.66. The summed E-state index contributed by atoms with van der Waals surface area (Å²) in [6, 6.07) is 0.0522. The maximum atomic E-state index is 11.8. The molecule has 0 heterocycles. The highest BCUT2D eigenvalue weighted by Crippen LogP contribution is 2.51. The molecule has 1 saturated carbocycles. The number of carbonyl (C=O) groups excluding carboxylic acids is 1. The molecule has 0 radical (unpaired) electrons. The lowest BCUT2D eigenvalue weighted by Gasteiger charge is -2.17. The molecule has 0 aliphatic heterocycles. The Morgan fingerprint density at radius 2 is 2.27 bits per heavy atom. The van der Waals surface area contributed by atoms with E-state index in [4.69, 9.17) is 16.3 Å². The van der Waals surface area contributed by atoms with Gasteiger partial charge in [-0.1, -0.05) is 13.8 Å². The number of rotatable bonds is 6. The fourth-order valence-electron chi connectivity index (χ4n) is 1.75. The van der Waals surface area contributed by atoms with Gasteiger partial charge in [-0.3, -0.25) is 4.79 Å². The van der Waals surface area contributed by atoms with Crippen LogP contribution in [-0.4, -0.2) is 31.5 Å². The average Bonchev–Trinajstić information content (AvgIpc) is 2.76. The van der Waals surface area contributed by atoms with Gasteiger partial charge < -0.3 is 10.1 Å². The third kappa shape index (κ3) is 3.65. The molecule has 1 rings (SSSR count). The van der Waals surface area contributed by atoms with Gasteiger partial charge in [0.25, 0.3) is 0 Å². The van der Waals surface area contributed by atoms with E-state index in [1.54, 1.807) is 7.11 Å². The maximum Gasteiger partial charge on any atom is 0.223 e. The molecule has 0 aromatic rings. The van der Waals surface area contributed by atoms with Crippen molar-refractivity contribution >= 4 is 17.5 Å². The van der Waals surface area contributed by atoms with E-state index in [9.17, 15) is 4.79 Å². The van der Waals surface area contributed by atoms with E-state index >= 15 is 0 Å². The van der Waals surface area contributed by atoms with E-state index in [2.05, 4.69) is 19.2 Å². The summed E-state index contributed by atoms with van der Waals surface area (Å²) in [4.78, 5) is 11.8. The number of amides is 1. The van der Waals surface area contributed by atoms with Gasteiger partial charge in [-0.05, 0) is 18.3 Å². The first-order valence-electron chi connectivity index (χ1n) is 5.36. The average molecular weight is 234 g/mol. The number of hydrogen-bond donors (Lipinski definition) is 1. The van der Waals surface area contributed by atoms with Crippen molar-refractivity contribution in [2.75, 3.05) is 19.6 Å². The summed E-state index contributed by atoms with van der Waals surface area (Å²) in [5, 5.41) is 2.99. The summed E-state index contributed by atoms with van der Waals surface area (Å²) in [7, 11) is 1.63. The molecule has 3 nitrogen and oxygen atoms in total. The molecule has 2 atom stereocenters. The van der Waals surface area contributed by atoms with E-state index in [1.165, 1.54) is 0 Å². The van der Waals surface area contributed by atoms with Gasteiger partial charge in [0, 0.05) is 18.9 Å². The predicted molar refractivity (Wildman–Crippen MR) is 61.0 cm³/mol. The zero-order valence-corrected chi connectivity index (χ0v) is 10.4. The molecule has 4 heteroatoms. The van der Waals surface area contributed by atoms with E-state index in [-0.39, 0.29) is 23.3 Å². The lowest BCUT2D eigenvalue weighted by molar-refractivity contribution is -0.124. The minimum atomic E-state index is 0.0522. The molecule has 15 heavy (non-hydrogen) atoms. The quantitative estimate of drug-likeness (QED) is 0.711. The number of nitrogens with one attached hydrogen (secondary N) is 1. The standard InChI is InChI=1S/C11H20ClNO2/c1-11(2)6-9(11)10(14)13-8(4-5-12)7-15-3/h8-9H,4-7H2,1-3H3,(H,13,14). The minimum absolute atomic E-state index is 0.0522. The van der Waals surface area contributed by atoms with Gasteiger partial charge in [0.05, 0.1) is 12.6 Å². The van der Waals surface area contributed by atoms with Crippen LogP contribution in [0.5, 0.6) is 0 Å². The third-order valence-corrected chi connectivity index (χ3v) is 3.22. The molecule has 1 aliphatic rings. The van der Waals surface area contributed by atoms with Gasteiger partial charge in [0.1, 0.15) is 0 Å². The van der Waals surface area contributed by atoms with Crippen LogP contribution >= 0.6 is 11.6 Å². The number of halogens is 1. The van der Waals surface area contributed by atoms with Crippen molar-refractivity contribution in [1.82, 2.24) is 5.32 Å². The topological polar surface area (TPSA) is 38.3 Å². The second-order valence-electron chi connectivity index (χ2n) is 4.88. The van der Waals surface area contributed by atoms with Gasteiger partial charge in [0.2, 0.25) is 5.91 Å². The first kappa shape index (κ1) is 12.8. The van der Waals surface area contributed by atoms with Gasteiger partial charge in [-0.2, -0.15) is 0 Å². The lowest BCUT2D eigenvalue weighted by atomic mass is 10.1. The fraction of sp³-hybridized carbons (Fsp3) is 0.909. The molecule has 1 N–H and O–H groups in total. The summed E-state index contributed by atoms with van der Waals surface area (Å²) < 4.78 is 5.04. The summed E-state index contributed by atoms with van der Waals surface area (Å²) in [6.45, 7) is 4.76. The van der Waals surface area contributed by atoms with E-state index in [0.717, 1.165) is 12.8 Å². The van der Waals surface area contributed by atoms with Crippen molar-refractivity contribution in [1.29, 1.82) is 0 Å². The number of methoxy groups -OCH3 is 1. The van der Waals surface area contributed by atoms with Gasteiger partial charge in [-0.25, -0.2) is 0 Å². The Bertz CT molecular complexity index is 225. The summed E-state index contributed by atoms with van der Waals surface area (Å²) in [5.41, 5.74) is 0.183. The minimum Gasteiger partial charge on any atom is -0.383 e. The Morgan fingerprint density at radius 1 is 1.67 bits per heavy atom. The first-order chi connectivity index (χ1) is 7.01. The van der Waals surface area contributed by atoms with Crippen LogP contribution in [0.2, 0.25) is 0 Å². The number of carbonyl (C=O) groups is 1. The van der Waals surface area contributed by atoms with Crippen molar-refractivity contribution in [3.63, 3.8) is 0 Å². The Balaban J connectivity index is 2.34. The van der Waals surface area contributed by atoms with Crippen molar-refractivity contribution in [3.05, 3.63) is 0 Å². The molecule has 2 unspecified atom stereocenters. The van der Waals surface area contributed by atoms with Crippen LogP contribution in [-0.2, 0) is 9.53 Å². The van der Waals surface area contributed by atoms with Crippen LogP contribution in [0.15, 0.2) is 0 Å². The molecular weight excluding hydrogens is 214 g/mol. The molecule has 0 aromatic carbocycles. The van der Waals surface area contributed by atoms with Crippen LogP contribution in [0.3, 0.4) is 0 Å². The van der Waals surface area contributed by atoms with Crippen LogP contribution in [0.4, 0.5) is 0 Å². The van der Waals surface area contributed by atoms with Gasteiger partial charge in [0.15, 0.2) is 0 Å². The van der Waals surface area contributed by atoms with Crippen LogP contribution in [0, 0.1) is 11.3 Å². The maximum absolute atomic E-state index is 11.8. The molecule has 1 amide bonds. The van der Waals surface area contributed by atoms with Crippen molar-refractivity contribution in [2.24, 2.45) is 11.3 Å². The highest BCUT2D eigenvalue weighted by Gasteiger charge is 2.50. The van der Waals surface area contributed by atoms with Crippen LogP contribution < -0.4 is 5.32 Å². The molecule has 0 saturated heterocycles. The van der Waals surface area contributed by atoms with Gasteiger partial charge in [-0.15, -0.1) is 11.6 Å². The highest BCUT2D eigenvalue weighted by atomic mass is 35.5. The molecule has 88 valence electrons. The predicted octanol–water partition coefficient (Wildman–Crippen LogP) is 1.79. The smallest absolute Gasteiger partial charge is 0.223 e. The number of ether oxygens (including phenoxy) is 1. The Kier molecular flexibility index (Phi) is 4.41. The second-order valence-corrected chi connectivity index (χ2v) is 5.26. The van der Waals surface area contributed by atoms with Crippen molar-refractivity contribution in [2.45, 2.75) is 32.7 Å². The summed E-state index contributed by atoms with van der Waals surface area (Å²) in [5.74, 6) is 0.863. The Morgan fingerprint density at radius 3 is 2.67 bits per heavy atom. The zero-order chi connectivity index (χ0) is 11.5. The highest BCUT2D eigenvalue weighted by molar-refractivity contribution is 6.17. The lowest BCUT2D eigenvalue weighted by Crippen LogP contribution is -2.39. The SMILES string of the molecule is COCC(CCCl)NC(=O)C1CC1(C)C. The fourth-order valence-corrected chi connectivity index (χ4v) is 2.01. The molecule has 1 fully saturated rings. The second kappa shape index (κ2) is 5.17.